The van der Waals surface area contributed by atoms with Crippen molar-refractivity contribution in [2.75, 3.05) is 5.73 Å². The standard InChI is InChI=1S/C11H15N3S/c1-3-14(8(2)12)7-9-4-5-11(15)10(13)6-9/h3-6,12,15H,1,7,13H2,2H3. The van der Waals surface area contributed by atoms with Crippen LogP contribution in [0, 0.1) is 5.41 Å². The fourth-order valence-corrected chi connectivity index (χ4v) is 1.36. The van der Waals surface area contributed by atoms with E-state index < -0.39 is 0 Å². The third kappa shape index (κ3) is 3.02. The van der Waals surface area contributed by atoms with Gasteiger partial charge in [0.15, 0.2) is 0 Å². The summed E-state index contributed by atoms with van der Waals surface area (Å²) in [6, 6.07) is 5.66. The average molecular weight is 221 g/mol. The zero-order valence-corrected chi connectivity index (χ0v) is 9.59. The van der Waals surface area contributed by atoms with E-state index in [4.69, 9.17) is 11.1 Å². The monoisotopic (exact) mass is 221 g/mol. The molecule has 0 radical (unpaired) electrons. The van der Waals surface area contributed by atoms with Crippen LogP contribution in [0.5, 0.6) is 0 Å². The molecule has 3 nitrogen and oxygen atoms in total. The molecule has 0 saturated heterocycles. The van der Waals surface area contributed by atoms with E-state index in [2.05, 4.69) is 19.2 Å². The number of nitrogens with zero attached hydrogens (tertiary/aromatic N) is 1. The summed E-state index contributed by atoms with van der Waals surface area (Å²) in [5.74, 6) is 0.457. The maximum absolute atomic E-state index is 7.51. The molecule has 0 aromatic heterocycles. The van der Waals surface area contributed by atoms with Gasteiger partial charge in [-0.3, -0.25) is 5.41 Å². The van der Waals surface area contributed by atoms with Crippen molar-refractivity contribution in [2.24, 2.45) is 0 Å². The van der Waals surface area contributed by atoms with E-state index in [1.54, 1.807) is 18.0 Å². The van der Waals surface area contributed by atoms with E-state index in [1.807, 2.05) is 18.2 Å². The summed E-state index contributed by atoms with van der Waals surface area (Å²) in [4.78, 5) is 2.52. The summed E-state index contributed by atoms with van der Waals surface area (Å²) in [6.07, 6.45) is 1.63. The largest absolute Gasteiger partial charge is 0.398 e. The van der Waals surface area contributed by atoms with Gasteiger partial charge in [-0.05, 0) is 30.8 Å². The second kappa shape index (κ2) is 4.89. The Hall–Kier alpha value is -1.42. The first-order valence-corrected chi connectivity index (χ1v) is 5.01. The molecule has 0 fully saturated rings. The molecule has 0 amide bonds. The van der Waals surface area contributed by atoms with Crippen molar-refractivity contribution >= 4 is 24.2 Å². The maximum Gasteiger partial charge on any atom is 0.0968 e. The van der Waals surface area contributed by atoms with Gasteiger partial charge >= 0.3 is 0 Å². The van der Waals surface area contributed by atoms with E-state index >= 15 is 0 Å². The van der Waals surface area contributed by atoms with Crippen molar-refractivity contribution in [3.63, 3.8) is 0 Å². The molecule has 4 heteroatoms. The van der Waals surface area contributed by atoms with Crippen molar-refractivity contribution < 1.29 is 0 Å². The molecule has 1 rings (SSSR count). The smallest absolute Gasteiger partial charge is 0.0968 e. The second-order valence-corrected chi connectivity index (χ2v) is 3.77. The second-order valence-electron chi connectivity index (χ2n) is 3.29. The summed E-state index contributed by atoms with van der Waals surface area (Å²) >= 11 is 4.20. The van der Waals surface area contributed by atoms with Crippen LogP contribution < -0.4 is 5.73 Å². The number of thiol groups is 1. The predicted octanol–water partition coefficient (Wildman–Crippen LogP) is 2.50. The number of nitrogens with two attached hydrogens (primary N) is 1. The van der Waals surface area contributed by atoms with Gasteiger partial charge < -0.3 is 10.6 Å². The minimum absolute atomic E-state index is 0.457. The quantitative estimate of drug-likeness (QED) is 0.318. The number of anilines is 1. The van der Waals surface area contributed by atoms with Crippen molar-refractivity contribution in [3.8, 4) is 0 Å². The molecule has 0 aliphatic rings. The molecular formula is C11H15N3S. The van der Waals surface area contributed by atoms with Crippen LogP contribution >= 0.6 is 12.6 Å². The minimum atomic E-state index is 0.457. The molecular weight excluding hydrogens is 206 g/mol. The topological polar surface area (TPSA) is 53.1 Å². The molecule has 15 heavy (non-hydrogen) atoms. The number of benzene rings is 1. The molecule has 0 bridgehead atoms. The summed E-state index contributed by atoms with van der Waals surface area (Å²) in [6.45, 7) is 5.99. The maximum atomic E-state index is 7.51. The van der Waals surface area contributed by atoms with Gasteiger partial charge in [-0.15, -0.1) is 12.6 Å². The lowest BCUT2D eigenvalue weighted by Crippen LogP contribution is -2.21. The molecule has 0 saturated carbocycles. The Kier molecular flexibility index (Phi) is 3.80. The number of rotatable bonds is 3. The van der Waals surface area contributed by atoms with E-state index in [0.29, 0.717) is 18.1 Å². The van der Waals surface area contributed by atoms with Crippen LogP contribution in [0.3, 0.4) is 0 Å². The summed E-state index contributed by atoms with van der Waals surface area (Å²) in [5.41, 5.74) is 7.43. The molecule has 0 unspecified atom stereocenters. The van der Waals surface area contributed by atoms with Gasteiger partial charge in [-0.2, -0.15) is 0 Å². The number of nitrogen functional groups attached to an aromatic ring is 1. The molecule has 1 aromatic carbocycles. The van der Waals surface area contributed by atoms with Crippen LogP contribution in [0.2, 0.25) is 0 Å². The van der Waals surface area contributed by atoms with Crippen LogP contribution in [0.15, 0.2) is 35.9 Å². The van der Waals surface area contributed by atoms with Gasteiger partial charge in [0.25, 0.3) is 0 Å². The molecule has 0 aliphatic carbocycles. The number of amidine groups is 1. The Morgan fingerprint density at radius 1 is 1.67 bits per heavy atom. The first-order valence-electron chi connectivity index (χ1n) is 4.56. The molecule has 1 aromatic rings. The summed E-state index contributed by atoms with van der Waals surface area (Å²) < 4.78 is 0. The van der Waals surface area contributed by atoms with E-state index in [9.17, 15) is 0 Å². The lowest BCUT2D eigenvalue weighted by molar-refractivity contribution is 0.547. The van der Waals surface area contributed by atoms with Gasteiger partial charge in [0, 0.05) is 17.1 Å². The Morgan fingerprint density at radius 3 is 2.80 bits per heavy atom. The highest BCUT2D eigenvalue weighted by atomic mass is 32.1. The summed E-state index contributed by atoms with van der Waals surface area (Å²) in [5, 5.41) is 7.51. The normalized spacial score (nSPS) is 9.73. The molecule has 0 heterocycles. The molecule has 0 atom stereocenters. The van der Waals surface area contributed by atoms with E-state index in [-0.39, 0.29) is 0 Å². The van der Waals surface area contributed by atoms with Gasteiger partial charge in [-0.1, -0.05) is 12.6 Å². The van der Waals surface area contributed by atoms with Gasteiger partial charge in [0.2, 0.25) is 0 Å². The SMILES string of the molecule is C=CN(Cc1ccc(S)c(N)c1)C(C)=N. The summed E-state index contributed by atoms with van der Waals surface area (Å²) in [7, 11) is 0. The van der Waals surface area contributed by atoms with Crippen LogP contribution in [0.1, 0.15) is 12.5 Å². The highest BCUT2D eigenvalue weighted by Gasteiger charge is 2.03. The van der Waals surface area contributed by atoms with Crippen LogP contribution in [-0.4, -0.2) is 10.7 Å². The fraction of sp³-hybridized carbons (Fsp3) is 0.182. The highest BCUT2D eigenvalue weighted by molar-refractivity contribution is 7.80. The number of nitrogens with one attached hydrogen (secondary N) is 1. The van der Waals surface area contributed by atoms with Crippen LogP contribution in [-0.2, 0) is 6.54 Å². The van der Waals surface area contributed by atoms with Crippen molar-refractivity contribution in [3.05, 3.63) is 36.5 Å². The van der Waals surface area contributed by atoms with Crippen molar-refractivity contribution in [2.45, 2.75) is 18.4 Å². The van der Waals surface area contributed by atoms with Crippen molar-refractivity contribution in [1.82, 2.24) is 4.90 Å². The van der Waals surface area contributed by atoms with Gasteiger partial charge in [0.05, 0.1) is 5.84 Å². The third-order valence-electron chi connectivity index (χ3n) is 2.10. The first-order chi connectivity index (χ1) is 7.04. The third-order valence-corrected chi connectivity index (χ3v) is 2.50. The van der Waals surface area contributed by atoms with Crippen LogP contribution in [0.4, 0.5) is 5.69 Å². The Bertz CT molecular complexity index is 387. The first kappa shape index (κ1) is 11.7. The lowest BCUT2D eigenvalue weighted by atomic mass is 10.2. The van der Waals surface area contributed by atoms with Gasteiger partial charge in [0.1, 0.15) is 0 Å². The van der Waals surface area contributed by atoms with E-state index in [1.165, 1.54) is 0 Å². The zero-order chi connectivity index (χ0) is 11.4. The van der Waals surface area contributed by atoms with Gasteiger partial charge in [-0.25, -0.2) is 0 Å². The zero-order valence-electron chi connectivity index (χ0n) is 8.70. The minimum Gasteiger partial charge on any atom is -0.398 e. The lowest BCUT2D eigenvalue weighted by Gasteiger charge is -2.18. The highest BCUT2D eigenvalue weighted by Crippen LogP contribution is 2.18. The number of hydrogen-bond acceptors (Lipinski definition) is 3. The Morgan fingerprint density at radius 2 is 2.33 bits per heavy atom. The fourth-order valence-electron chi connectivity index (χ4n) is 1.22. The molecule has 3 N–H and O–H groups in total. The molecule has 80 valence electrons. The average Bonchev–Trinajstić information content (AvgIpc) is 2.19. The predicted molar refractivity (Wildman–Crippen MR) is 67.2 cm³/mol. The Balaban J connectivity index is 2.84. The Labute approximate surface area is 95.5 Å². The van der Waals surface area contributed by atoms with Crippen molar-refractivity contribution in [1.29, 1.82) is 5.41 Å². The number of hydrogen-bond donors (Lipinski definition) is 3. The van der Waals surface area contributed by atoms with Crippen LogP contribution in [0.25, 0.3) is 0 Å². The van der Waals surface area contributed by atoms with E-state index in [0.717, 1.165) is 10.5 Å². The molecule has 0 aliphatic heterocycles. The molecule has 0 spiro atoms.